The predicted octanol–water partition coefficient (Wildman–Crippen LogP) is 2.84. The van der Waals surface area contributed by atoms with Crippen LogP contribution in [0.25, 0.3) is 0 Å². The minimum Gasteiger partial charge on any atom is -0.363 e. The van der Waals surface area contributed by atoms with Gasteiger partial charge in [-0.25, -0.2) is 9.97 Å². The van der Waals surface area contributed by atoms with Gasteiger partial charge < -0.3 is 14.7 Å². The number of aromatic nitrogens is 4. The Morgan fingerprint density at radius 3 is 2.23 bits per heavy atom. The highest BCUT2D eigenvalue weighted by atomic mass is 16.2. The van der Waals surface area contributed by atoms with E-state index < -0.39 is 0 Å². The van der Waals surface area contributed by atoms with Gasteiger partial charge in [0, 0.05) is 56.4 Å². The lowest BCUT2D eigenvalue weighted by Gasteiger charge is -2.39. The minimum atomic E-state index is -0.0494. The summed E-state index contributed by atoms with van der Waals surface area (Å²) in [4.78, 5) is 28.3. The van der Waals surface area contributed by atoms with E-state index in [-0.39, 0.29) is 11.3 Å². The van der Waals surface area contributed by atoms with Crippen LogP contribution in [-0.2, 0) is 5.41 Å². The molecule has 1 N–H and O–H groups in total. The van der Waals surface area contributed by atoms with Crippen molar-refractivity contribution in [2.45, 2.75) is 64.0 Å². The Kier molecular flexibility index (Phi) is 5.42. The molecule has 8 nitrogen and oxygen atoms in total. The van der Waals surface area contributed by atoms with Crippen LogP contribution in [0.3, 0.4) is 0 Å². The summed E-state index contributed by atoms with van der Waals surface area (Å²) in [5, 5.41) is 7.30. The molecule has 2 aliphatic rings. The number of nitrogens with zero attached hydrogens (tertiary/aromatic N) is 6. The number of carbonyl (C=O) groups is 1. The van der Waals surface area contributed by atoms with E-state index in [1.807, 2.05) is 30.0 Å². The average molecular weight is 412 g/mol. The van der Waals surface area contributed by atoms with Gasteiger partial charge in [0.1, 0.15) is 23.7 Å². The van der Waals surface area contributed by atoms with Crippen molar-refractivity contribution in [1.82, 2.24) is 25.1 Å². The summed E-state index contributed by atoms with van der Waals surface area (Å²) < 4.78 is 0. The number of carbonyl (C=O) groups excluding carboxylic acids is 1. The molecular formula is C22H33N7O. The second kappa shape index (κ2) is 7.89. The van der Waals surface area contributed by atoms with E-state index in [2.05, 4.69) is 51.9 Å². The van der Waals surface area contributed by atoms with Crippen LogP contribution in [-0.4, -0.2) is 70.2 Å². The Morgan fingerprint density at radius 1 is 1.03 bits per heavy atom. The molecular weight excluding hydrogens is 378 g/mol. The van der Waals surface area contributed by atoms with Crippen LogP contribution in [0, 0.1) is 0 Å². The molecule has 3 heterocycles. The molecule has 0 radical (unpaired) electrons. The van der Waals surface area contributed by atoms with Crippen LogP contribution < -0.4 is 9.80 Å². The minimum absolute atomic E-state index is 0.0232. The van der Waals surface area contributed by atoms with Crippen molar-refractivity contribution < 1.29 is 4.79 Å². The maximum Gasteiger partial charge on any atom is 0.274 e. The van der Waals surface area contributed by atoms with Crippen LogP contribution in [0.1, 0.15) is 62.6 Å². The first-order valence-electron chi connectivity index (χ1n) is 10.9. The first kappa shape index (κ1) is 20.6. The number of likely N-dealkylation sites (tertiary alicyclic amines) is 1. The highest BCUT2D eigenvalue weighted by molar-refractivity contribution is 5.92. The van der Waals surface area contributed by atoms with Crippen LogP contribution in [0.15, 0.2) is 18.5 Å². The Bertz CT molecular complexity index is 889. The summed E-state index contributed by atoms with van der Waals surface area (Å²) in [6.45, 7) is 7.83. The second-order valence-corrected chi connectivity index (χ2v) is 9.71. The molecule has 8 heteroatoms. The Labute approximate surface area is 178 Å². The maximum absolute atomic E-state index is 13.0. The van der Waals surface area contributed by atoms with E-state index >= 15 is 0 Å². The van der Waals surface area contributed by atoms with Gasteiger partial charge in [-0.05, 0) is 31.7 Å². The number of amides is 1. The van der Waals surface area contributed by atoms with Crippen molar-refractivity contribution in [3.05, 3.63) is 29.8 Å². The smallest absolute Gasteiger partial charge is 0.274 e. The van der Waals surface area contributed by atoms with Gasteiger partial charge in [-0.3, -0.25) is 9.89 Å². The van der Waals surface area contributed by atoms with Gasteiger partial charge in [-0.15, -0.1) is 0 Å². The highest BCUT2D eigenvalue weighted by Crippen LogP contribution is 2.36. The van der Waals surface area contributed by atoms with Gasteiger partial charge in [-0.2, -0.15) is 5.10 Å². The molecule has 0 aromatic carbocycles. The number of anilines is 2. The second-order valence-electron chi connectivity index (χ2n) is 9.71. The van der Waals surface area contributed by atoms with Gasteiger partial charge in [0.05, 0.1) is 0 Å². The van der Waals surface area contributed by atoms with Crippen molar-refractivity contribution in [1.29, 1.82) is 0 Å². The molecule has 1 saturated carbocycles. The summed E-state index contributed by atoms with van der Waals surface area (Å²) in [6, 6.07) is 4.93. The zero-order valence-corrected chi connectivity index (χ0v) is 18.7. The molecule has 4 rings (SSSR count). The van der Waals surface area contributed by atoms with Crippen molar-refractivity contribution in [3.63, 3.8) is 0 Å². The van der Waals surface area contributed by atoms with Crippen LogP contribution in [0.2, 0.25) is 0 Å². The molecule has 2 fully saturated rings. The number of rotatable bonds is 5. The van der Waals surface area contributed by atoms with E-state index in [0.29, 0.717) is 17.8 Å². The van der Waals surface area contributed by atoms with Crippen molar-refractivity contribution in [2.24, 2.45) is 0 Å². The molecule has 0 unspecified atom stereocenters. The fourth-order valence-electron chi connectivity index (χ4n) is 4.07. The molecule has 0 atom stereocenters. The summed E-state index contributed by atoms with van der Waals surface area (Å²) in [5.41, 5.74) is 1.46. The number of hydrogen-bond acceptors (Lipinski definition) is 6. The van der Waals surface area contributed by atoms with E-state index in [4.69, 9.17) is 0 Å². The molecule has 0 bridgehead atoms. The first-order chi connectivity index (χ1) is 14.2. The zero-order chi connectivity index (χ0) is 21.5. The van der Waals surface area contributed by atoms with E-state index in [1.165, 1.54) is 12.8 Å². The Balaban J connectivity index is 1.43. The van der Waals surface area contributed by atoms with Crippen molar-refractivity contribution in [3.8, 4) is 0 Å². The molecule has 2 aromatic rings. The first-order valence-corrected chi connectivity index (χ1v) is 10.9. The third-order valence-electron chi connectivity index (χ3n) is 6.05. The van der Waals surface area contributed by atoms with Crippen LogP contribution in [0.5, 0.6) is 0 Å². The standard InChI is InChI=1S/C22H33N7O/c1-22(2,3)18-12-17(25-26-18)21(30)28-10-8-16(9-11-28)29(15-6-7-15)20-13-19(27(4)5)23-14-24-20/h12-16H,6-11H2,1-5H3,(H,25,26). The monoisotopic (exact) mass is 411 g/mol. The quantitative estimate of drug-likeness (QED) is 0.815. The normalized spacial score (nSPS) is 17.8. The Hall–Kier alpha value is -2.64. The molecule has 2 aromatic heterocycles. The van der Waals surface area contributed by atoms with Gasteiger partial charge in [0.25, 0.3) is 5.91 Å². The molecule has 0 spiro atoms. The highest BCUT2D eigenvalue weighted by Gasteiger charge is 2.37. The largest absolute Gasteiger partial charge is 0.363 e. The summed E-state index contributed by atoms with van der Waals surface area (Å²) in [7, 11) is 4.00. The number of H-pyrrole nitrogens is 1. The zero-order valence-electron chi connectivity index (χ0n) is 18.7. The van der Waals surface area contributed by atoms with Crippen molar-refractivity contribution in [2.75, 3.05) is 37.0 Å². The van der Waals surface area contributed by atoms with Crippen molar-refractivity contribution >= 4 is 17.5 Å². The lowest BCUT2D eigenvalue weighted by molar-refractivity contribution is 0.0706. The maximum atomic E-state index is 13.0. The predicted molar refractivity (Wildman–Crippen MR) is 118 cm³/mol. The Morgan fingerprint density at radius 2 is 1.67 bits per heavy atom. The SMILES string of the molecule is CN(C)c1cc(N(C2CC2)C2CCN(C(=O)c3cc(C(C)(C)C)[nH]n3)CC2)ncn1. The van der Waals surface area contributed by atoms with E-state index in [9.17, 15) is 4.79 Å². The fraction of sp³-hybridized carbons (Fsp3) is 0.636. The third-order valence-corrected chi connectivity index (χ3v) is 6.05. The summed E-state index contributed by atoms with van der Waals surface area (Å²) in [5.74, 6) is 1.95. The number of aromatic amines is 1. The fourth-order valence-corrected chi connectivity index (χ4v) is 4.07. The molecule has 162 valence electrons. The number of piperidine rings is 1. The summed E-state index contributed by atoms with van der Waals surface area (Å²) in [6.07, 6.45) is 5.97. The molecule has 30 heavy (non-hydrogen) atoms. The van der Waals surface area contributed by atoms with Gasteiger partial charge in [0.2, 0.25) is 0 Å². The van der Waals surface area contributed by atoms with Crippen LogP contribution >= 0.6 is 0 Å². The molecule has 1 aliphatic carbocycles. The number of hydrogen-bond donors (Lipinski definition) is 1. The molecule has 1 aliphatic heterocycles. The van der Waals surface area contributed by atoms with Gasteiger partial charge in [-0.1, -0.05) is 20.8 Å². The van der Waals surface area contributed by atoms with E-state index in [0.717, 1.165) is 43.3 Å². The molecule has 1 saturated heterocycles. The third kappa shape index (κ3) is 4.27. The van der Waals surface area contributed by atoms with Gasteiger partial charge in [0.15, 0.2) is 0 Å². The molecule has 1 amide bonds. The number of nitrogens with one attached hydrogen (secondary N) is 1. The lowest BCUT2D eigenvalue weighted by Crippen LogP contribution is -2.48. The average Bonchev–Trinajstić information content (AvgIpc) is 3.40. The topological polar surface area (TPSA) is 81.2 Å². The van der Waals surface area contributed by atoms with E-state index in [1.54, 1.807) is 6.33 Å². The van der Waals surface area contributed by atoms with Gasteiger partial charge >= 0.3 is 0 Å². The lowest BCUT2D eigenvalue weighted by atomic mass is 9.92. The van der Waals surface area contributed by atoms with Crippen LogP contribution in [0.4, 0.5) is 11.6 Å². The summed E-state index contributed by atoms with van der Waals surface area (Å²) >= 11 is 0.